The first-order valence-electron chi connectivity index (χ1n) is 6.10. The van der Waals surface area contributed by atoms with Gasteiger partial charge in [-0.05, 0) is 42.4 Å². The predicted octanol–water partition coefficient (Wildman–Crippen LogP) is 3.36. The van der Waals surface area contributed by atoms with Gasteiger partial charge in [-0.1, -0.05) is 34.1 Å². The normalized spacial score (nSPS) is 49.9. The van der Waals surface area contributed by atoms with Crippen LogP contribution in [0.4, 0.5) is 0 Å². The molecule has 1 nitrogen and oxygen atoms in total. The van der Waals surface area contributed by atoms with Crippen molar-refractivity contribution in [3.8, 4) is 0 Å². The van der Waals surface area contributed by atoms with Crippen LogP contribution in [0.25, 0.3) is 0 Å². The maximum absolute atomic E-state index is 11.0. The predicted molar refractivity (Wildman–Crippen MR) is 59.1 cm³/mol. The smallest absolute Gasteiger partial charge is 0.0754 e. The minimum Gasteiger partial charge on any atom is -0.389 e. The highest BCUT2D eigenvalue weighted by atomic mass is 16.3. The van der Waals surface area contributed by atoms with Crippen LogP contribution in [0.15, 0.2) is 0 Å². The Morgan fingerprint density at radius 1 is 1.29 bits per heavy atom. The molecule has 14 heavy (non-hydrogen) atoms. The Labute approximate surface area is 87.9 Å². The molecule has 1 heteroatoms. The molecule has 0 aromatic heterocycles. The third-order valence-electron chi connectivity index (χ3n) is 5.44. The summed E-state index contributed by atoms with van der Waals surface area (Å²) < 4.78 is 0. The zero-order valence-electron chi connectivity index (χ0n) is 10.1. The van der Waals surface area contributed by atoms with E-state index in [9.17, 15) is 5.11 Å². The summed E-state index contributed by atoms with van der Waals surface area (Å²) in [5.74, 6) is 0.754. The molecule has 1 N–H and O–H groups in total. The average Bonchev–Trinajstić information content (AvgIpc) is 2.53. The largest absolute Gasteiger partial charge is 0.389 e. The highest BCUT2D eigenvalue weighted by molar-refractivity contribution is 5.17. The Hall–Kier alpha value is -0.0400. The van der Waals surface area contributed by atoms with Gasteiger partial charge < -0.3 is 5.11 Å². The number of aliphatic hydroxyl groups is 1. The van der Waals surface area contributed by atoms with Gasteiger partial charge in [0.15, 0.2) is 0 Å². The van der Waals surface area contributed by atoms with Gasteiger partial charge in [0, 0.05) is 0 Å². The molecule has 0 aromatic carbocycles. The standard InChI is InChI=1S/C13H24O/c1-5-7-13(14)11(2,3)10-6-8-12(13,4)9-10/h10,14H,5-9H2,1-4H3. The Kier molecular flexibility index (Phi) is 2.06. The number of fused-ring (bicyclic) bond motifs is 2. The first kappa shape index (κ1) is 10.5. The quantitative estimate of drug-likeness (QED) is 0.718. The molecular formula is C13H24O. The van der Waals surface area contributed by atoms with Crippen molar-refractivity contribution in [1.82, 2.24) is 0 Å². The van der Waals surface area contributed by atoms with Gasteiger partial charge in [0.25, 0.3) is 0 Å². The summed E-state index contributed by atoms with van der Waals surface area (Å²) in [6, 6.07) is 0. The highest BCUT2D eigenvalue weighted by Crippen LogP contribution is 2.69. The van der Waals surface area contributed by atoms with Crippen molar-refractivity contribution < 1.29 is 5.11 Å². The molecule has 0 spiro atoms. The molecule has 2 saturated carbocycles. The minimum atomic E-state index is -0.405. The van der Waals surface area contributed by atoms with Crippen molar-refractivity contribution in [2.75, 3.05) is 0 Å². The molecule has 0 amide bonds. The molecule has 2 aliphatic carbocycles. The van der Waals surface area contributed by atoms with Crippen LogP contribution in [0.1, 0.15) is 59.8 Å². The number of rotatable bonds is 2. The van der Waals surface area contributed by atoms with Crippen molar-refractivity contribution in [2.24, 2.45) is 16.7 Å². The average molecular weight is 196 g/mol. The second kappa shape index (κ2) is 2.75. The van der Waals surface area contributed by atoms with E-state index in [0.29, 0.717) is 0 Å². The van der Waals surface area contributed by atoms with Crippen molar-refractivity contribution in [3.63, 3.8) is 0 Å². The second-order valence-corrected chi connectivity index (χ2v) is 6.33. The van der Waals surface area contributed by atoms with Crippen LogP contribution in [0, 0.1) is 16.7 Å². The fraction of sp³-hybridized carbons (Fsp3) is 1.00. The summed E-state index contributed by atoms with van der Waals surface area (Å²) in [6.45, 7) is 9.04. The molecular weight excluding hydrogens is 172 g/mol. The topological polar surface area (TPSA) is 20.2 Å². The van der Waals surface area contributed by atoms with Crippen LogP contribution < -0.4 is 0 Å². The Morgan fingerprint density at radius 3 is 2.36 bits per heavy atom. The molecule has 0 saturated heterocycles. The third kappa shape index (κ3) is 0.946. The summed E-state index contributed by atoms with van der Waals surface area (Å²) >= 11 is 0. The van der Waals surface area contributed by atoms with Crippen molar-refractivity contribution >= 4 is 0 Å². The van der Waals surface area contributed by atoms with E-state index in [0.717, 1.165) is 18.8 Å². The lowest BCUT2D eigenvalue weighted by molar-refractivity contribution is -0.147. The molecule has 3 atom stereocenters. The molecule has 0 aliphatic heterocycles. The summed E-state index contributed by atoms with van der Waals surface area (Å²) in [5.41, 5.74) is -0.0646. The van der Waals surface area contributed by atoms with E-state index >= 15 is 0 Å². The van der Waals surface area contributed by atoms with Gasteiger partial charge in [-0.25, -0.2) is 0 Å². The summed E-state index contributed by atoms with van der Waals surface area (Å²) in [6.07, 6.45) is 5.89. The maximum atomic E-state index is 11.0. The van der Waals surface area contributed by atoms with Crippen LogP contribution in [0.2, 0.25) is 0 Å². The van der Waals surface area contributed by atoms with Crippen LogP contribution in [0.3, 0.4) is 0 Å². The third-order valence-corrected chi connectivity index (χ3v) is 5.44. The lowest BCUT2D eigenvalue weighted by atomic mass is 9.59. The van der Waals surface area contributed by atoms with Gasteiger partial charge in [0.1, 0.15) is 0 Å². The summed E-state index contributed by atoms with van der Waals surface area (Å²) in [4.78, 5) is 0. The van der Waals surface area contributed by atoms with Crippen molar-refractivity contribution in [1.29, 1.82) is 0 Å². The highest BCUT2D eigenvalue weighted by Gasteiger charge is 2.67. The van der Waals surface area contributed by atoms with Crippen LogP contribution in [-0.4, -0.2) is 10.7 Å². The van der Waals surface area contributed by atoms with E-state index in [-0.39, 0.29) is 10.8 Å². The van der Waals surface area contributed by atoms with Gasteiger partial charge in [-0.2, -0.15) is 0 Å². The second-order valence-electron chi connectivity index (χ2n) is 6.33. The van der Waals surface area contributed by atoms with Gasteiger partial charge in [-0.15, -0.1) is 0 Å². The minimum absolute atomic E-state index is 0.135. The van der Waals surface area contributed by atoms with E-state index in [4.69, 9.17) is 0 Å². The molecule has 0 aromatic rings. The van der Waals surface area contributed by atoms with Crippen LogP contribution in [0.5, 0.6) is 0 Å². The number of hydrogen-bond acceptors (Lipinski definition) is 1. The fourth-order valence-electron chi connectivity index (χ4n) is 4.33. The Bertz CT molecular complexity index is 239. The van der Waals surface area contributed by atoms with E-state index in [1.54, 1.807) is 0 Å². The van der Waals surface area contributed by atoms with Crippen LogP contribution in [-0.2, 0) is 0 Å². The van der Waals surface area contributed by atoms with Gasteiger partial charge >= 0.3 is 0 Å². The Morgan fingerprint density at radius 2 is 1.93 bits per heavy atom. The maximum Gasteiger partial charge on any atom is 0.0754 e. The molecule has 0 radical (unpaired) electrons. The molecule has 2 aliphatic rings. The molecule has 2 fully saturated rings. The molecule has 3 unspecified atom stereocenters. The van der Waals surface area contributed by atoms with Crippen LogP contribution >= 0.6 is 0 Å². The van der Waals surface area contributed by atoms with Gasteiger partial charge in [-0.3, -0.25) is 0 Å². The Balaban J connectivity index is 2.38. The summed E-state index contributed by atoms with van der Waals surface area (Å²) in [7, 11) is 0. The molecule has 2 rings (SSSR count). The SMILES string of the molecule is CCCC1(O)C2(C)CCC(C2)C1(C)C. The van der Waals surface area contributed by atoms with Crippen molar-refractivity contribution in [2.45, 2.75) is 65.4 Å². The van der Waals surface area contributed by atoms with E-state index in [2.05, 4.69) is 27.7 Å². The molecule has 82 valence electrons. The zero-order chi connectivity index (χ0) is 10.6. The van der Waals surface area contributed by atoms with Gasteiger partial charge in [0.2, 0.25) is 0 Å². The lowest BCUT2D eigenvalue weighted by Crippen LogP contribution is -2.53. The van der Waals surface area contributed by atoms with Gasteiger partial charge in [0.05, 0.1) is 5.60 Å². The monoisotopic (exact) mass is 196 g/mol. The van der Waals surface area contributed by atoms with E-state index in [1.807, 2.05) is 0 Å². The fourth-order valence-corrected chi connectivity index (χ4v) is 4.33. The molecule has 0 heterocycles. The van der Waals surface area contributed by atoms with Crippen molar-refractivity contribution in [3.05, 3.63) is 0 Å². The van der Waals surface area contributed by atoms with E-state index < -0.39 is 5.60 Å². The molecule has 2 bridgehead atoms. The lowest BCUT2D eigenvalue weighted by Gasteiger charge is -2.51. The first-order chi connectivity index (χ1) is 6.37. The van der Waals surface area contributed by atoms with E-state index in [1.165, 1.54) is 19.3 Å². The zero-order valence-corrected chi connectivity index (χ0v) is 10.1. The number of hydrogen-bond donors (Lipinski definition) is 1. The first-order valence-corrected chi connectivity index (χ1v) is 6.10. The summed E-state index contributed by atoms with van der Waals surface area (Å²) in [5, 5.41) is 11.0.